The summed E-state index contributed by atoms with van der Waals surface area (Å²) < 4.78 is 10.1. The van der Waals surface area contributed by atoms with Crippen LogP contribution in [0.4, 0.5) is 10.5 Å². The second-order valence-corrected chi connectivity index (χ2v) is 5.87. The molecule has 2 aromatic rings. The number of amides is 2. The van der Waals surface area contributed by atoms with E-state index >= 15 is 0 Å². The molecule has 0 unspecified atom stereocenters. The van der Waals surface area contributed by atoms with Crippen molar-refractivity contribution in [3.63, 3.8) is 0 Å². The number of furan rings is 1. The molecule has 24 heavy (non-hydrogen) atoms. The second-order valence-electron chi connectivity index (χ2n) is 5.87. The number of nitrogens with zero attached hydrogens (tertiary/aromatic N) is 1. The summed E-state index contributed by atoms with van der Waals surface area (Å²) in [5, 5.41) is 2.90. The van der Waals surface area contributed by atoms with Crippen LogP contribution in [0.1, 0.15) is 12.8 Å². The van der Waals surface area contributed by atoms with Gasteiger partial charge in [0.1, 0.15) is 5.76 Å². The minimum Gasteiger partial charge on any atom is -0.469 e. The van der Waals surface area contributed by atoms with Gasteiger partial charge in [-0.05, 0) is 36.6 Å². The van der Waals surface area contributed by atoms with E-state index in [1.54, 1.807) is 11.2 Å². The monoisotopic (exact) mass is 328 g/mol. The molecule has 6 nitrogen and oxygen atoms in total. The Balaban J connectivity index is 1.59. The molecule has 126 valence electrons. The second kappa shape index (κ2) is 7.21. The lowest BCUT2D eigenvalue weighted by Crippen LogP contribution is -2.33. The van der Waals surface area contributed by atoms with Crippen molar-refractivity contribution in [2.45, 2.75) is 12.8 Å². The van der Waals surface area contributed by atoms with E-state index in [1.165, 1.54) is 7.11 Å². The molecule has 6 heteroatoms. The van der Waals surface area contributed by atoms with Crippen molar-refractivity contribution in [2.24, 2.45) is 5.92 Å². The molecule has 0 spiro atoms. The van der Waals surface area contributed by atoms with E-state index in [-0.39, 0.29) is 17.9 Å². The van der Waals surface area contributed by atoms with E-state index in [1.807, 2.05) is 36.4 Å². The zero-order valence-corrected chi connectivity index (χ0v) is 13.5. The Labute approximate surface area is 140 Å². The van der Waals surface area contributed by atoms with Crippen LogP contribution >= 0.6 is 0 Å². The molecule has 1 N–H and O–H groups in total. The first-order valence-electron chi connectivity index (χ1n) is 7.92. The molecule has 0 radical (unpaired) electrons. The average molecular weight is 328 g/mol. The molecule has 1 aromatic heterocycles. The van der Waals surface area contributed by atoms with E-state index < -0.39 is 0 Å². The van der Waals surface area contributed by atoms with Gasteiger partial charge in [-0.15, -0.1) is 0 Å². The van der Waals surface area contributed by atoms with Gasteiger partial charge in [-0.25, -0.2) is 4.79 Å². The number of hydrogen-bond acceptors (Lipinski definition) is 4. The van der Waals surface area contributed by atoms with Crippen molar-refractivity contribution in [1.29, 1.82) is 0 Å². The number of benzene rings is 1. The van der Waals surface area contributed by atoms with Gasteiger partial charge in [-0.2, -0.15) is 0 Å². The number of anilines is 1. The SMILES string of the molecule is COC(=O)C[C@H]1CCN(C(=O)Nc2cccc(-c3ccco3)c2)C1. The maximum absolute atomic E-state index is 12.4. The van der Waals surface area contributed by atoms with E-state index in [4.69, 9.17) is 4.42 Å². The number of methoxy groups -OCH3 is 1. The number of ether oxygens (including phenoxy) is 1. The maximum Gasteiger partial charge on any atom is 0.321 e. The first-order valence-corrected chi connectivity index (χ1v) is 7.92. The lowest BCUT2D eigenvalue weighted by molar-refractivity contribution is -0.141. The van der Waals surface area contributed by atoms with Gasteiger partial charge >= 0.3 is 12.0 Å². The fourth-order valence-electron chi connectivity index (χ4n) is 2.90. The van der Waals surface area contributed by atoms with Crippen molar-refractivity contribution >= 4 is 17.7 Å². The molecule has 2 amide bonds. The predicted octanol–water partition coefficient (Wildman–Crippen LogP) is 3.36. The van der Waals surface area contributed by atoms with Gasteiger partial charge < -0.3 is 19.4 Å². The molecule has 1 aromatic carbocycles. The van der Waals surface area contributed by atoms with Crippen LogP contribution < -0.4 is 5.32 Å². The number of carbonyl (C=O) groups excluding carboxylic acids is 2. The molecule has 0 saturated carbocycles. The number of hydrogen-bond donors (Lipinski definition) is 1. The third kappa shape index (κ3) is 3.76. The van der Waals surface area contributed by atoms with Crippen LogP contribution in [0.5, 0.6) is 0 Å². The van der Waals surface area contributed by atoms with Crippen molar-refractivity contribution < 1.29 is 18.7 Å². The van der Waals surface area contributed by atoms with E-state index in [2.05, 4.69) is 10.1 Å². The highest BCUT2D eigenvalue weighted by atomic mass is 16.5. The smallest absolute Gasteiger partial charge is 0.321 e. The molecule has 1 aliphatic rings. The molecule has 1 saturated heterocycles. The molecular formula is C18H20N2O4. The highest BCUT2D eigenvalue weighted by Crippen LogP contribution is 2.24. The number of urea groups is 1. The topological polar surface area (TPSA) is 71.8 Å². The van der Waals surface area contributed by atoms with Crippen molar-refractivity contribution in [2.75, 3.05) is 25.5 Å². The van der Waals surface area contributed by atoms with Gasteiger partial charge in [0.2, 0.25) is 0 Å². The van der Waals surface area contributed by atoms with Crippen LogP contribution in [0.15, 0.2) is 47.1 Å². The molecular weight excluding hydrogens is 308 g/mol. The summed E-state index contributed by atoms with van der Waals surface area (Å²) in [6, 6.07) is 11.1. The van der Waals surface area contributed by atoms with Crippen molar-refractivity contribution in [3.8, 4) is 11.3 Å². The fourth-order valence-corrected chi connectivity index (χ4v) is 2.90. The van der Waals surface area contributed by atoms with Crippen LogP contribution in [-0.4, -0.2) is 37.1 Å². The first kappa shape index (κ1) is 16.1. The van der Waals surface area contributed by atoms with Gasteiger partial charge in [-0.1, -0.05) is 12.1 Å². The lowest BCUT2D eigenvalue weighted by atomic mass is 10.1. The molecule has 0 aliphatic carbocycles. The van der Waals surface area contributed by atoms with Crippen LogP contribution in [0.25, 0.3) is 11.3 Å². The van der Waals surface area contributed by atoms with Crippen molar-refractivity contribution in [1.82, 2.24) is 4.90 Å². The van der Waals surface area contributed by atoms with Gasteiger partial charge in [0, 0.05) is 24.3 Å². The predicted molar refractivity (Wildman–Crippen MR) is 89.5 cm³/mol. The molecule has 0 bridgehead atoms. The Morgan fingerprint density at radius 3 is 2.96 bits per heavy atom. The maximum atomic E-state index is 12.4. The summed E-state index contributed by atoms with van der Waals surface area (Å²) in [6.07, 6.45) is 2.79. The van der Waals surface area contributed by atoms with Crippen LogP contribution in [0.2, 0.25) is 0 Å². The molecule has 1 atom stereocenters. The summed E-state index contributed by atoms with van der Waals surface area (Å²) in [5.41, 5.74) is 1.62. The Morgan fingerprint density at radius 2 is 2.21 bits per heavy atom. The highest BCUT2D eigenvalue weighted by Gasteiger charge is 2.28. The number of carbonyl (C=O) groups is 2. The van der Waals surface area contributed by atoms with Crippen LogP contribution in [-0.2, 0) is 9.53 Å². The minimum atomic E-state index is -0.228. The zero-order valence-electron chi connectivity index (χ0n) is 13.5. The van der Waals surface area contributed by atoms with Crippen molar-refractivity contribution in [3.05, 3.63) is 42.7 Å². The third-order valence-electron chi connectivity index (χ3n) is 4.18. The number of likely N-dealkylation sites (tertiary alicyclic amines) is 1. The number of rotatable bonds is 4. The van der Waals surface area contributed by atoms with Gasteiger partial charge in [-0.3, -0.25) is 4.79 Å². The highest BCUT2D eigenvalue weighted by molar-refractivity contribution is 5.90. The number of nitrogens with one attached hydrogen (secondary N) is 1. The molecule has 2 heterocycles. The summed E-state index contributed by atoms with van der Waals surface area (Å²) in [6.45, 7) is 1.21. The number of esters is 1. The summed E-state index contributed by atoms with van der Waals surface area (Å²) in [4.78, 5) is 25.5. The van der Waals surface area contributed by atoms with Crippen LogP contribution in [0, 0.1) is 5.92 Å². The van der Waals surface area contributed by atoms with E-state index in [0.29, 0.717) is 25.2 Å². The normalized spacial score (nSPS) is 16.9. The van der Waals surface area contributed by atoms with Crippen LogP contribution in [0.3, 0.4) is 0 Å². The Morgan fingerprint density at radius 1 is 1.33 bits per heavy atom. The quantitative estimate of drug-likeness (QED) is 0.874. The van der Waals surface area contributed by atoms with Gasteiger partial charge in [0.25, 0.3) is 0 Å². The minimum absolute atomic E-state index is 0.154. The Bertz CT molecular complexity index is 712. The van der Waals surface area contributed by atoms with Gasteiger partial charge in [0.05, 0.1) is 19.8 Å². The zero-order chi connectivity index (χ0) is 16.9. The summed E-state index contributed by atoms with van der Waals surface area (Å²) in [5.74, 6) is 0.691. The standard InChI is InChI=1S/C18H20N2O4/c1-23-17(21)10-13-7-8-20(12-13)18(22)19-15-5-2-4-14(11-15)16-6-3-9-24-16/h2-6,9,11,13H,7-8,10,12H2,1H3,(H,19,22)/t13-/m1/s1. The summed E-state index contributed by atoms with van der Waals surface area (Å²) in [7, 11) is 1.38. The molecule has 1 aliphatic heterocycles. The van der Waals surface area contributed by atoms with Gasteiger partial charge in [0.15, 0.2) is 0 Å². The first-order chi connectivity index (χ1) is 11.7. The van der Waals surface area contributed by atoms with E-state index in [9.17, 15) is 9.59 Å². The lowest BCUT2D eigenvalue weighted by Gasteiger charge is -2.17. The largest absolute Gasteiger partial charge is 0.469 e. The third-order valence-corrected chi connectivity index (χ3v) is 4.18. The average Bonchev–Trinajstić information content (AvgIpc) is 3.27. The van der Waals surface area contributed by atoms with E-state index in [0.717, 1.165) is 17.7 Å². The Hall–Kier alpha value is -2.76. The molecule has 1 fully saturated rings. The molecule has 3 rings (SSSR count). The summed E-state index contributed by atoms with van der Waals surface area (Å²) >= 11 is 0. The Kier molecular flexibility index (Phi) is 4.84. The fraction of sp³-hybridized carbons (Fsp3) is 0.333.